The standard InChI is InChI=1S/C35H26N4O2S/c1-3-12-26(13-4-1)33-22-31(30-18-7-8-19-32(30)36-33)34-37-38-35(39(34)23-29-17-10-20-40-29)42-24-25-11-9-16-28(21-25)41-27-14-5-2-6-15-27/h1-22H,23-24H2. The van der Waals surface area contributed by atoms with E-state index in [9.17, 15) is 0 Å². The number of furan rings is 1. The Bertz CT molecular complexity index is 1940. The normalized spacial score (nSPS) is 11.1. The zero-order valence-electron chi connectivity index (χ0n) is 22.6. The second kappa shape index (κ2) is 11.8. The van der Waals surface area contributed by atoms with Crippen molar-refractivity contribution in [2.24, 2.45) is 0 Å². The lowest BCUT2D eigenvalue weighted by Gasteiger charge is -2.13. The highest BCUT2D eigenvalue weighted by atomic mass is 32.2. The van der Waals surface area contributed by atoms with Gasteiger partial charge >= 0.3 is 0 Å². The van der Waals surface area contributed by atoms with Crippen LogP contribution < -0.4 is 4.74 Å². The molecule has 0 aliphatic rings. The maximum atomic E-state index is 6.05. The Balaban J connectivity index is 1.25. The van der Waals surface area contributed by atoms with Gasteiger partial charge in [0.1, 0.15) is 17.3 Å². The number of rotatable bonds is 9. The third-order valence-corrected chi connectivity index (χ3v) is 7.92. The summed E-state index contributed by atoms with van der Waals surface area (Å²) in [6.07, 6.45) is 1.69. The Kier molecular flexibility index (Phi) is 7.23. The van der Waals surface area contributed by atoms with Crippen LogP contribution in [0.15, 0.2) is 143 Å². The molecule has 0 unspecified atom stereocenters. The molecular weight excluding hydrogens is 540 g/mol. The number of para-hydroxylation sites is 2. The molecule has 6 nitrogen and oxygen atoms in total. The molecular formula is C35H26N4O2S. The van der Waals surface area contributed by atoms with Gasteiger partial charge in [0.25, 0.3) is 0 Å². The molecule has 0 radical (unpaired) electrons. The summed E-state index contributed by atoms with van der Waals surface area (Å²) in [7, 11) is 0. The van der Waals surface area contributed by atoms with Crippen molar-refractivity contribution in [3.05, 3.63) is 145 Å². The molecule has 7 rings (SSSR count). The molecule has 0 saturated carbocycles. The molecule has 0 aliphatic carbocycles. The number of hydrogen-bond donors (Lipinski definition) is 0. The van der Waals surface area contributed by atoms with Crippen LogP contribution >= 0.6 is 11.8 Å². The quantitative estimate of drug-likeness (QED) is 0.163. The average molecular weight is 567 g/mol. The molecule has 0 saturated heterocycles. The van der Waals surface area contributed by atoms with Crippen molar-refractivity contribution in [1.29, 1.82) is 0 Å². The number of aromatic nitrogens is 4. The molecule has 42 heavy (non-hydrogen) atoms. The minimum absolute atomic E-state index is 0.506. The highest BCUT2D eigenvalue weighted by Crippen LogP contribution is 2.34. The van der Waals surface area contributed by atoms with Crippen LogP contribution in [0.2, 0.25) is 0 Å². The summed E-state index contributed by atoms with van der Waals surface area (Å²) in [5, 5.41) is 11.2. The molecule has 0 bridgehead atoms. The lowest BCUT2D eigenvalue weighted by atomic mass is 10.0. The van der Waals surface area contributed by atoms with E-state index in [-0.39, 0.29) is 0 Å². The van der Waals surface area contributed by atoms with Crippen LogP contribution in [0.1, 0.15) is 11.3 Å². The van der Waals surface area contributed by atoms with Crippen molar-refractivity contribution in [3.8, 4) is 34.1 Å². The van der Waals surface area contributed by atoms with Gasteiger partial charge in [-0.2, -0.15) is 0 Å². The largest absolute Gasteiger partial charge is 0.467 e. The van der Waals surface area contributed by atoms with E-state index in [2.05, 4.69) is 46.1 Å². The minimum Gasteiger partial charge on any atom is -0.467 e. The van der Waals surface area contributed by atoms with Crippen LogP contribution in [-0.2, 0) is 12.3 Å². The molecule has 204 valence electrons. The molecule has 7 aromatic rings. The first kappa shape index (κ1) is 25.8. The molecule has 0 aliphatic heterocycles. The number of benzene rings is 4. The summed E-state index contributed by atoms with van der Waals surface area (Å²) in [6.45, 7) is 0.506. The summed E-state index contributed by atoms with van der Waals surface area (Å²) in [5.74, 6) is 3.91. The summed E-state index contributed by atoms with van der Waals surface area (Å²) < 4.78 is 13.9. The van der Waals surface area contributed by atoms with E-state index in [4.69, 9.17) is 19.2 Å². The summed E-state index contributed by atoms with van der Waals surface area (Å²) in [5.41, 5.74) is 4.95. The molecule has 3 aromatic heterocycles. The fraction of sp³-hybridized carbons (Fsp3) is 0.0571. The van der Waals surface area contributed by atoms with E-state index in [0.717, 1.165) is 61.5 Å². The topological polar surface area (TPSA) is 66.0 Å². The fourth-order valence-corrected chi connectivity index (χ4v) is 5.76. The Morgan fingerprint density at radius 3 is 2.33 bits per heavy atom. The van der Waals surface area contributed by atoms with Crippen LogP contribution in [0, 0.1) is 0 Å². The number of ether oxygens (including phenoxy) is 1. The monoisotopic (exact) mass is 566 g/mol. The first-order chi connectivity index (χ1) is 20.8. The molecule has 0 spiro atoms. The SMILES string of the molecule is c1ccc(Oc2cccc(CSc3nnc(-c4cc(-c5ccccc5)nc5ccccc45)n3Cc3ccco3)c2)cc1. The molecule has 0 amide bonds. The Labute approximate surface area is 247 Å². The lowest BCUT2D eigenvalue weighted by molar-refractivity contribution is 0.482. The van der Waals surface area contributed by atoms with Crippen molar-refractivity contribution in [2.75, 3.05) is 0 Å². The van der Waals surface area contributed by atoms with Gasteiger partial charge in [0.05, 0.1) is 24.0 Å². The molecule has 3 heterocycles. The van der Waals surface area contributed by atoms with Gasteiger partial charge in [-0.05, 0) is 54.1 Å². The zero-order chi connectivity index (χ0) is 28.1. The van der Waals surface area contributed by atoms with Gasteiger partial charge in [0.2, 0.25) is 0 Å². The van der Waals surface area contributed by atoms with Crippen LogP contribution in [-0.4, -0.2) is 19.7 Å². The fourth-order valence-electron chi connectivity index (χ4n) is 4.88. The second-order valence-corrected chi connectivity index (χ2v) is 10.7. The van der Waals surface area contributed by atoms with Gasteiger partial charge in [0.15, 0.2) is 11.0 Å². The Morgan fingerprint density at radius 1 is 0.714 bits per heavy atom. The van der Waals surface area contributed by atoms with Crippen molar-refractivity contribution in [1.82, 2.24) is 19.7 Å². The maximum Gasteiger partial charge on any atom is 0.192 e. The predicted octanol–water partition coefficient (Wildman–Crippen LogP) is 8.89. The van der Waals surface area contributed by atoms with Crippen molar-refractivity contribution in [3.63, 3.8) is 0 Å². The molecule has 0 fully saturated rings. The van der Waals surface area contributed by atoms with Gasteiger partial charge in [-0.25, -0.2) is 4.98 Å². The van der Waals surface area contributed by atoms with Crippen LogP contribution in [0.3, 0.4) is 0 Å². The van der Waals surface area contributed by atoms with E-state index in [1.165, 1.54) is 0 Å². The number of pyridine rings is 1. The van der Waals surface area contributed by atoms with Gasteiger partial charge in [-0.1, -0.05) is 90.6 Å². The average Bonchev–Trinajstić information content (AvgIpc) is 3.71. The minimum atomic E-state index is 0.506. The Hall–Kier alpha value is -5.14. The van der Waals surface area contributed by atoms with Crippen LogP contribution in [0.4, 0.5) is 0 Å². The van der Waals surface area contributed by atoms with Gasteiger partial charge in [-0.3, -0.25) is 4.57 Å². The van der Waals surface area contributed by atoms with Crippen molar-refractivity contribution in [2.45, 2.75) is 17.5 Å². The van der Waals surface area contributed by atoms with E-state index in [1.807, 2.05) is 91.0 Å². The first-order valence-corrected chi connectivity index (χ1v) is 14.6. The third kappa shape index (κ3) is 5.55. The summed E-state index contributed by atoms with van der Waals surface area (Å²) in [4.78, 5) is 4.96. The number of hydrogen-bond acceptors (Lipinski definition) is 6. The van der Waals surface area contributed by atoms with Gasteiger partial charge in [0, 0.05) is 22.3 Å². The summed E-state index contributed by atoms with van der Waals surface area (Å²) in [6, 6.07) is 42.3. The van der Waals surface area contributed by atoms with Gasteiger partial charge < -0.3 is 9.15 Å². The molecule has 4 aromatic carbocycles. The highest BCUT2D eigenvalue weighted by molar-refractivity contribution is 7.98. The smallest absolute Gasteiger partial charge is 0.192 e. The first-order valence-electron chi connectivity index (χ1n) is 13.7. The van der Waals surface area contributed by atoms with Gasteiger partial charge in [-0.15, -0.1) is 10.2 Å². The highest BCUT2D eigenvalue weighted by Gasteiger charge is 2.20. The van der Waals surface area contributed by atoms with Crippen molar-refractivity contribution >= 4 is 22.7 Å². The molecule has 0 atom stereocenters. The zero-order valence-corrected chi connectivity index (χ0v) is 23.4. The molecule has 0 N–H and O–H groups in total. The maximum absolute atomic E-state index is 6.05. The van der Waals surface area contributed by atoms with E-state index in [0.29, 0.717) is 12.3 Å². The Morgan fingerprint density at radius 2 is 1.50 bits per heavy atom. The second-order valence-electron chi connectivity index (χ2n) is 9.76. The predicted molar refractivity (Wildman–Crippen MR) is 167 cm³/mol. The van der Waals surface area contributed by atoms with E-state index in [1.54, 1.807) is 18.0 Å². The van der Waals surface area contributed by atoms with E-state index >= 15 is 0 Å². The van der Waals surface area contributed by atoms with Crippen LogP contribution in [0.5, 0.6) is 11.5 Å². The summed E-state index contributed by atoms with van der Waals surface area (Å²) >= 11 is 1.63. The van der Waals surface area contributed by atoms with E-state index < -0.39 is 0 Å². The van der Waals surface area contributed by atoms with Crippen molar-refractivity contribution < 1.29 is 9.15 Å². The number of fused-ring (bicyclic) bond motifs is 1. The number of thioether (sulfide) groups is 1. The number of nitrogens with zero attached hydrogens (tertiary/aromatic N) is 4. The van der Waals surface area contributed by atoms with Crippen LogP contribution in [0.25, 0.3) is 33.5 Å². The molecule has 7 heteroatoms. The lowest BCUT2D eigenvalue weighted by Crippen LogP contribution is -2.04. The third-order valence-electron chi connectivity index (χ3n) is 6.88.